The van der Waals surface area contributed by atoms with E-state index in [1.54, 1.807) is 16.8 Å². The number of Topliss-reactive ketones (excluding diaryl/α,β-unsaturated/α-hetero) is 1. The van der Waals surface area contributed by atoms with Gasteiger partial charge in [0.15, 0.2) is 0 Å². The number of amides is 2. The van der Waals surface area contributed by atoms with Crippen LogP contribution in [-0.2, 0) is 20.9 Å². The van der Waals surface area contributed by atoms with Crippen molar-refractivity contribution in [2.75, 3.05) is 10.6 Å². The van der Waals surface area contributed by atoms with Gasteiger partial charge in [-0.05, 0) is 64.8 Å². The summed E-state index contributed by atoms with van der Waals surface area (Å²) in [5.41, 5.74) is 3.29. The molecule has 2 amide bonds. The lowest BCUT2D eigenvalue weighted by Crippen LogP contribution is -2.56. The van der Waals surface area contributed by atoms with E-state index in [4.69, 9.17) is 0 Å². The van der Waals surface area contributed by atoms with Crippen molar-refractivity contribution in [1.82, 2.24) is 9.78 Å². The molecule has 0 bridgehead atoms. The summed E-state index contributed by atoms with van der Waals surface area (Å²) in [6.07, 6.45) is -0.318. The molecule has 2 aromatic carbocycles. The van der Waals surface area contributed by atoms with E-state index in [1.165, 1.54) is 6.92 Å². The third-order valence-electron chi connectivity index (χ3n) is 7.71. The Balaban J connectivity index is 1.85. The van der Waals surface area contributed by atoms with Gasteiger partial charge in [-0.1, -0.05) is 36.4 Å². The predicted molar refractivity (Wildman–Crippen MR) is 147 cm³/mol. The predicted octanol–water partition coefficient (Wildman–Crippen LogP) is 4.45. The van der Waals surface area contributed by atoms with Crippen molar-refractivity contribution in [1.29, 1.82) is 0 Å². The molecule has 1 aliphatic carbocycles. The summed E-state index contributed by atoms with van der Waals surface area (Å²) in [5, 5.41) is 22.1. The number of aryl methyl sites for hydroxylation is 4. The number of rotatable bonds is 6. The molecule has 0 radical (unpaired) electrons. The van der Waals surface area contributed by atoms with Gasteiger partial charge >= 0.3 is 0 Å². The Kier molecular flexibility index (Phi) is 7.56. The SMILES string of the molecule is CCn1nc(C)c(C2C(C(=O)Nc3ccccc3C)C(=O)CC(C)(O)C2C(=O)Nc2ccccc2C)c1C. The maximum Gasteiger partial charge on any atom is 0.235 e. The molecule has 1 fully saturated rings. The van der Waals surface area contributed by atoms with Gasteiger partial charge in [0, 0.05) is 41.5 Å². The molecule has 4 rings (SSSR count). The second-order valence-electron chi connectivity index (χ2n) is 10.5. The molecule has 3 aromatic rings. The lowest BCUT2D eigenvalue weighted by atomic mass is 9.60. The van der Waals surface area contributed by atoms with Gasteiger partial charge in [-0.3, -0.25) is 19.1 Å². The van der Waals surface area contributed by atoms with E-state index in [9.17, 15) is 19.5 Å². The summed E-state index contributed by atoms with van der Waals surface area (Å²) in [6, 6.07) is 14.7. The molecule has 1 aliphatic rings. The number of aromatic nitrogens is 2. The Morgan fingerprint density at radius 1 is 0.974 bits per heavy atom. The minimum absolute atomic E-state index is 0.318. The zero-order valence-electron chi connectivity index (χ0n) is 22.8. The summed E-state index contributed by atoms with van der Waals surface area (Å²) in [6.45, 7) is 11.5. The maximum absolute atomic E-state index is 14.0. The molecular formula is C30H36N4O4. The fourth-order valence-electron chi connectivity index (χ4n) is 5.79. The molecule has 4 unspecified atom stereocenters. The first-order valence-electron chi connectivity index (χ1n) is 13.0. The number of carbonyl (C=O) groups is 3. The number of carbonyl (C=O) groups excluding carboxylic acids is 3. The number of hydrogen-bond donors (Lipinski definition) is 3. The first-order chi connectivity index (χ1) is 18.0. The molecule has 3 N–H and O–H groups in total. The number of ketones is 1. The molecule has 8 heteroatoms. The molecule has 8 nitrogen and oxygen atoms in total. The Labute approximate surface area is 223 Å². The lowest BCUT2D eigenvalue weighted by Gasteiger charge is -2.44. The van der Waals surface area contributed by atoms with Crippen LogP contribution in [0.3, 0.4) is 0 Å². The third kappa shape index (κ3) is 5.00. The Hall–Kier alpha value is -3.78. The van der Waals surface area contributed by atoms with Gasteiger partial charge in [0.05, 0.1) is 17.2 Å². The summed E-state index contributed by atoms with van der Waals surface area (Å²) < 4.78 is 1.80. The number of aliphatic hydroxyl groups is 1. The minimum Gasteiger partial charge on any atom is -0.389 e. The van der Waals surface area contributed by atoms with Gasteiger partial charge in [0.1, 0.15) is 11.7 Å². The Morgan fingerprint density at radius 3 is 2.00 bits per heavy atom. The Bertz CT molecular complexity index is 1390. The highest BCUT2D eigenvalue weighted by atomic mass is 16.3. The van der Waals surface area contributed by atoms with E-state index in [0.29, 0.717) is 29.2 Å². The van der Waals surface area contributed by atoms with Crippen LogP contribution in [-0.4, -0.2) is 38.1 Å². The molecule has 0 spiro atoms. The average Bonchev–Trinajstić information content (AvgIpc) is 3.13. The Morgan fingerprint density at radius 2 is 1.50 bits per heavy atom. The van der Waals surface area contributed by atoms with Crippen LogP contribution < -0.4 is 10.6 Å². The van der Waals surface area contributed by atoms with Crippen LogP contribution in [0.15, 0.2) is 48.5 Å². The lowest BCUT2D eigenvalue weighted by molar-refractivity contribution is -0.150. The normalized spacial score (nSPS) is 23.2. The molecule has 0 aliphatic heterocycles. The standard InChI is InChI=1S/C30H36N4O4/c1-7-34-20(5)24(19(4)33-34)26-25(28(36)31-21-14-10-8-12-17(21)2)23(35)16-30(6,38)27(26)29(37)32-22-15-11-9-13-18(22)3/h8-15,25-27,38H,7,16H2,1-6H3,(H,31,36)(H,32,37). The van der Waals surface area contributed by atoms with Gasteiger partial charge in [0.25, 0.3) is 0 Å². The van der Waals surface area contributed by atoms with Crippen LogP contribution in [0, 0.1) is 39.5 Å². The van der Waals surface area contributed by atoms with Crippen molar-refractivity contribution >= 4 is 29.0 Å². The fourth-order valence-corrected chi connectivity index (χ4v) is 5.79. The maximum atomic E-state index is 14.0. The second-order valence-corrected chi connectivity index (χ2v) is 10.5. The summed E-state index contributed by atoms with van der Waals surface area (Å²) >= 11 is 0. The molecule has 1 heterocycles. The van der Waals surface area contributed by atoms with Crippen molar-refractivity contribution in [2.24, 2.45) is 11.8 Å². The van der Waals surface area contributed by atoms with Crippen molar-refractivity contribution < 1.29 is 19.5 Å². The van der Waals surface area contributed by atoms with Crippen LogP contribution in [0.25, 0.3) is 0 Å². The van der Waals surface area contributed by atoms with Gasteiger partial charge < -0.3 is 15.7 Å². The quantitative estimate of drug-likeness (QED) is 0.419. The number of hydrogen-bond acceptors (Lipinski definition) is 5. The topological polar surface area (TPSA) is 113 Å². The van der Waals surface area contributed by atoms with Gasteiger partial charge in [0.2, 0.25) is 11.8 Å². The molecule has 1 saturated carbocycles. The highest BCUT2D eigenvalue weighted by Gasteiger charge is 2.57. The van der Waals surface area contributed by atoms with Crippen LogP contribution in [0.4, 0.5) is 11.4 Å². The van der Waals surface area contributed by atoms with Crippen molar-refractivity contribution in [2.45, 2.75) is 66.0 Å². The van der Waals surface area contributed by atoms with Gasteiger partial charge in [-0.25, -0.2) is 0 Å². The molecule has 200 valence electrons. The highest BCUT2D eigenvalue weighted by Crippen LogP contribution is 2.48. The van der Waals surface area contributed by atoms with E-state index < -0.39 is 41.0 Å². The summed E-state index contributed by atoms with van der Waals surface area (Å²) in [4.78, 5) is 41.4. The van der Waals surface area contributed by atoms with Crippen molar-refractivity contribution in [3.8, 4) is 0 Å². The fraction of sp³-hybridized carbons (Fsp3) is 0.400. The van der Waals surface area contributed by atoms with Crippen LogP contribution >= 0.6 is 0 Å². The molecule has 1 aromatic heterocycles. The molecule has 0 saturated heterocycles. The van der Waals surface area contributed by atoms with E-state index in [-0.39, 0.29) is 6.42 Å². The van der Waals surface area contributed by atoms with E-state index in [0.717, 1.165) is 16.8 Å². The molecular weight excluding hydrogens is 480 g/mol. The van der Waals surface area contributed by atoms with Crippen LogP contribution in [0.2, 0.25) is 0 Å². The number of benzene rings is 2. The summed E-state index contributed by atoms with van der Waals surface area (Å²) in [5.74, 6) is -4.54. The van der Waals surface area contributed by atoms with Crippen LogP contribution in [0.5, 0.6) is 0 Å². The number of nitrogens with zero attached hydrogens (tertiary/aromatic N) is 2. The number of para-hydroxylation sites is 2. The average molecular weight is 517 g/mol. The van der Waals surface area contributed by atoms with Gasteiger partial charge in [-0.15, -0.1) is 0 Å². The zero-order valence-corrected chi connectivity index (χ0v) is 22.8. The number of anilines is 2. The summed E-state index contributed by atoms with van der Waals surface area (Å²) in [7, 11) is 0. The van der Waals surface area contributed by atoms with Gasteiger partial charge in [-0.2, -0.15) is 5.10 Å². The molecule has 4 atom stereocenters. The number of nitrogens with one attached hydrogen (secondary N) is 2. The molecule has 38 heavy (non-hydrogen) atoms. The largest absolute Gasteiger partial charge is 0.389 e. The van der Waals surface area contributed by atoms with E-state index >= 15 is 0 Å². The second kappa shape index (κ2) is 10.5. The van der Waals surface area contributed by atoms with E-state index in [1.807, 2.05) is 71.0 Å². The first kappa shape index (κ1) is 27.3. The highest BCUT2D eigenvalue weighted by molar-refractivity contribution is 6.10. The minimum atomic E-state index is -1.68. The first-order valence-corrected chi connectivity index (χ1v) is 13.0. The zero-order chi connectivity index (χ0) is 27.8. The van der Waals surface area contributed by atoms with Crippen molar-refractivity contribution in [3.63, 3.8) is 0 Å². The van der Waals surface area contributed by atoms with E-state index in [2.05, 4.69) is 15.7 Å². The van der Waals surface area contributed by atoms with Crippen molar-refractivity contribution in [3.05, 3.63) is 76.6 Å². The van der Waals surface area contributed by atoms with Crippen LogP contribution in [0.1, 0.15) is 54.3 Å². The monoisotopic (exact) mass is 516 g/mol. The third-order valence-corrected chi connectivity index (χ3v) is 7.71. The smallest absolute Gasteiger partial charge is 0.235 e.